The molecule has 0 bridgehead atoms. The van der Waals surface area contributed by atoms with Crippen LogP contribution >= 0.6 is 11.3 Å². The van der Waals surface area contributed by atoms with Crippen molar-refractivity contribution < 1.29 is 4.52 Å². The van der Waals surface area contributed by atoms with Crippen molar-refractivity contribution in [3.8, 4) is 22.6 Å². The molecule has 0 aliphatic rings. The van der Waals surface area contributed by atoms with Gasteiger partial charge in [0.25, 0.3) is 0 Å². The minimum Gasteiger partial charge on any atom is -0.339 e. The Labute approximate surface area is 143 Å². The number of hydrogen-bond donors (Lipinski definition) is 0. The van der Waals surface area contributed by atoms with Crippen LogP contribution in [-0.2, 0) is 6.42 Å². The maximum absolute atomic E-state index is 5.37. The van der Waals surface area contributed by atoms with Crippen LogP contribution in [0.15, 0.2) is 64.5 Å². The van der Waals surface area contributed by atoms with E-state index < -0.39 is 0 Å². The minimum atomic E-state index is 0.552. The highest BCUT2D eigenvalue weighted by Gasteiger charge is 2.12. The molecule has 0 spiro atoms. The van der Waals surface area contributed by atoms with Gasteiger partial charge < -0.3 is 4.52 Å². The van der Waals surface area contributed by atoms with Gasteiger partial charge in [-0.3, -0.25) is 0 Å². The molecule has 0 saturated carbocycles. The average Bonchev–Trinajstić information content (AvgIpc) is 3.27. The monoisotopic (exact) mass is 333 g/mol. The Morgan fingerprint density at radius 3 is 2.50 bits per heavy atom. The fourth-order valence-corrected chi connectivity index (χ4v) is 3.20. The Kier molecular flexibility index (Phi) is 3.92. The summed E-state index contributed by atoms with van der Waals surface area (Å²) in [4.78, 5) is 9.14. The number of nitrogens with zero attached hydrogens (tertiary/aromatic N) is 3. The number of benzene rings is 2. The van der Waals surface area contributed by atoms with Gasteiger partial charge in [-0.2, -0.15) is 4.98 Å². The van der Waals surface area contributed by atoms with Crippen molar-refractivity contribution in [2.24, 2.45) is 0 Å². The lowest BCUT2D eigenvalue weighted by atomic mass is 10.1. The molecule has 5 heteroatoms. The van der Waals surface area contributed by atoms with Gasteiger partial charge in [-0.1, -0.05) is 65.3 Å². The van der Waals surface area contributed by atoms with Crippen LogP contribution in [0.2, 0.25) is 0 Å². The van der Waals surface area contributed by atoms with Crippen molar-refractivity contribution in [2.45, 2.75) is 13.3 Å². The molecule has 0 radical (unpaired) electrons. The first kappa shape index (κ1) is 14.8. The van der Waals surface area contributed by atoms with Gasteiger partial charge in [-0.25, -0.2) is 4.98 Å². The summed E-state index contributed by atoms with van der Waals surface area (Å²) < 4.78 is 5.37. The molecule has 0 saturated heterocycles. The van der Waals surface area contributed by atoms with E-state index in [-0.39, 0.29) is 0 Å². The molecule has 4 aromatic rings. The van der Waals surface area contributed by atoms with Crippen molar-refractivity contribution in [3.05, 3.63) is 76.4 Å². The van der Waals surface area contributed by atoms with Crippen LogP contribution < -0.4 is 0 Å². The first-order chi connectivity index (χ1) is 11.8. The number of thiazole rings is 1. The standard InChI is InChI=1S/C19H15N3OS/c1-13-7-9-15(10-8-13)19-21-17(23-22-19)11-18-20-16(12-24-18)14-5-3-2-4-6-14/h2-10,12H,11H2,1H3. The first-order valence-corrected chi connectivity index (χ1v) is 8.55. The summed E-state index contributed by atoms with van der Waals surface area (Å²) in [7, 11) is 0. The lowest BCUT2D eigenvalue weighted by Gasteiger charge is -1.94. The summed E-state index contributed by atoms with van der Waals surface area (Å²) in [6.45, 7) is 2.05. The molecule has 2 aromatic heterocycles. The maximum atomic E-state index is 5.37. The largest absolute Gasteiger partial charge is 0.339 e. The highest BCUT2D eigenvalue weighted by Crippen LogP contribution is 2.23. The lowest BCUT2D eigenvalue weighted by Crippen LogP contribution is -1.88. The smallest absolute Gasteiger partial charge is 0.233 e. The lowest BCUT2D eigenvalue weighted by molar-refractivity contribution is 0.385. The van der Waals surface area contributed by atoms with E-state index in [0.29, 0.717) is 18.1 Å². The first-order valence-electron chi connectivity index (χ1n) is 7.67. The summed E-state index contributed by atoms with van der Waals surface area (Å²) in [6.07, 6.45) is 0.552. The predicted molar refractivity (Wildman–Crippen MR) is 94.8 cm³/mol. The summed E-state index contributed by atoms with van der Waals surface area (Å²) >= 11 is 1.61. The van der Waals surface area contributed by atoms with Gasteiger partial charge in [0.05, 0.1) is 12.1 Å². The SMILES string of the molecule is Cc1ccc(-c2noc(Cc3nc(-c4ccccc4)cs3)n2)cc1. The summed E-state index contributed by atoms with van der Waals surface area (Å²) in [5.41, 5.74) is 4.26. The molecule has 0 unspecified atom stereocenters. The number of aryl methyl sites for hydroxylation is 1. The molecule has 118 valence electrons. The molecule has 0 atom stereocenters. The van der Waals surface area contributed by atoms with Gasteiger partial charge in [-0.15, -0.1) is 11.3 Å². The molecule has 4 nitrogen and oxygen atoms in total. The van der Waals surface area contributed by atoms with Crippen molar-refractivity contribution in [1.82, 2.24) is 15.1 Å². The van der Waals surface area contributed by atoms with E-state index in [2.05, 4.69) is 39.6 Å². The van der Waals surface area contributed by atoms with Gasteiger partial charge in [-0.05, 0) is 6.92 Å². The van der Waals surface area contributed by atoms with Crippen LogP contribution in [-0.4, -0.2) is 15.1 Å². The Balaban J connectivity index is 1.52. The van der Waals surface area contributed by atoms with E-state index in [0.717, 1.165) is 21.8 Å². The van der Waals surface area contributed by atoms with E-state index in [1.807, 2.05) is 42.5 Å². The normalized spacial score (nSPS) is 10.9. The zero-order valence-corrected chi connectivity index (χ0v) is 14.0. The van der Waals surface area contributed by atoms with E-state index in [9.17, 15) is 0 Å². The Morgan fingerprint density at radius 2 is 1.71 bits per heavy atom. The van der Waals surface area contributed by atoms with Crippen molar-refractivity contribution >= 4 is 11.3 Å². The van der Waals surface area contributed by atoms with Crippen LogP contribution in [0.25, 0.3) is 22.6 Å². The Bertz CT molecular complexity index is 942. The molecule has 0 fully saturated rings. The molecular formula is C19H15N3OS. The number of rotatable bonds is 4. The zero-order valence-electron chi connectivity index (χ0n) is 13.1. The van der Waals surface area contributed by atoms with Crippen LogP contribution in [0, 0.1) is 6.92 Å². The van der Waals surface area contributed by atoms with E-state index in [1.54, 1.807) is 11.3 Å². The van der Waals surface area contributed by atoms with Gasteiger partial charge >= 0.3 is 0 Å². The zero-order chi connectivity index (χ0) is 16.4. The van der Waals surface area contributed by atoms with E-state index in [1.165, 1.54) is 5.56 Å². The highest BCUT2D eigenvalue weighted by atomic mass is 32.1. The van der Waals surface area contributed by atoms with Crippen molar-refractivity contribution in [2.75, 3.05) is 0 Å². The summed E-state index contributed by atoms with van der Waals surface area (Å²) in [5.74, 6) is 1.20. The fraction of sp³-hybridized carbons (Fsp3) is 0.105. The number of aromatic nitrogens is 3. The predicted octanol–water partition coefficient (Wildman–Crippen LogP) is 4.76. The quantitative estimate of drug-likeness (QED) is 0.540. The molecule has 2 aromatic carbocycles. The van der Waals surface area contributed by atoms with Gasteiger partial charge in [0.15, 0.2) is 0 Å². The average molecular weight is 333 g/mol. The molecule has 24 heavy (non-hydrogen) atoms. The topological polar surface area (TPSA) is 51.8 Å². The highest BCUT2D eigenvalue weighted by molar-refractivity contribution is 7.10. The molecule has 4 rings (SSSR count). The third-order valence-corrected chi connectivity index (χ3v) is 4.55. The van der Waals surface area contributed by atoms with Gasteiger partial charge in [0, 0.05) is 16.5 Å². The second kappa shape index (κ2) is 6.37. The van der Waals surface area contributed by atoms with Gasteiger partial charge in [0.1, 0.15) is 5.01 Å². The van der Waals surface area contributed by atoms with Crippen LogP contribution in [0.4, 0.5) is 0 Å². The van der Waals surface area contributed by atoms with Crippen LogP contribution in [0.1, 0.15) is 16.5 Å². The molecule has 0 aliphatic heterocycles. The second-order valence-corrected chi connectivity index (χ2v) is 6.49. The fourth-order valence-electron chi connectivity index (χ4n) is 2.41. The summed E-state index contributed by atoms with van der Waals surface area (Å²) in [5, 5.41) is 7.09. The Morgan fingerprint density at radius 1 is 0.917 bits per heavy atom. The Hall–Kier alpha value is -2.79. The molecule has 0 N–H and O–H groups in total. The third-order valence-electron chi connectivity index (χ3n) is 3.70. The second-order valence-electron chi connectivity index (χ2n) is 5.55. The van der Waals surface area contributed by atoms with Crippen molar-refractivity contribution in [1.29, 1.82) is 0 Å². The van der Waals surface area contributed by atoms with E-state index in [4.69, 9.17) is 4.52 Å². The molecular weight excluding hydrogens is 318 g/mol. The summed E-state index contributed by atoms with van der Waals surface area (Å²) in [6, 6.07) is 18.2. The van der Waals surface area contributed by atoms with Gasteiger partial charge in [0.2, 0.25) is 11.7 Å². The van der Waals surface area contributed by atoms with Crippen LogP contribution in [0.5, 0.6) is 0 Å². The van der Waals surface area contributed by atoms with E-state index >= 15 is 0 Å². The van der Waals surface area contributed by atoms with Crippen molar-refractivity contribution in [3.63, 3.8) is 0 Å². The maximum Gasteiger partial charge on any atom is 0.233 e. The third kappa shape index (κ3) is 3.12. The molecule has 2 heterocycles. The number of hydrogen-bond acceptors (Lipinski definition) is 5. The molecule has 0 aliphatic carbocycles. The minimum absolute atomic E-state index is 0.552. The molecule has 0 amide bonds. The van der Waals surface area contributed by atoms with Crippen LogP contribution in [0.3, 0.4) is 0 Å².